The van der Waals surface area contributed by atoms with Crippen molar-refractivity contribution in [1.29, 1.82) is 0 Å². The number of likely N-dealkylation sites (N-methyl/N-ethyl adjacent to an activating group) is 1. The molecule has 11 heteroatoms. The zero-order valence-electron chi connectivity index (χ0n) is 26.0. The van der Waals surface area contributed by atoms with Gasteiger partial charge in [0.25, 0.3) is 5.91 Å². The molecule has 1 saturated heterocycles. The lowest BCUT2D eigenvalue weighted by molar-refractivity contribution is 0.102. The summed E-state index contributed by atoms with van der Waals surface area (Å²) in [5, 5.41) is 6.53. The third-order valence-corrected chi connectivity index (χ3v) is 12.7. The first kappa shape index (κ1) is 31.6. The SMILES string of the molecule is COc1nc(Nc2ccc(OC3CCN(C)C3)c(C)c2)ncc1C(=O)Nc1c(Cl)ccc(O[Si](C)(C)C(C)(C)C)c1C. The molecule has 0 radical (unpaired) electrons. The Morgan fingerprint density at radius 2 is 1.86 bits per heavy atom. The van der Waals surface area contributed by atoms with Crippen molar-refractivity contribution in [2.75, 3.05) is 37.9 Å². The molecule has 0 bridgehead atoms. The fourth-order valence-electron chi connectivity index (χ4n) is 4.43. The minimum Gasteiger partial charge on any atom is -0.543 e. The highest BCUT2D eigenvalue weighted by molar-refractivity contribution is 6.74. The molecular formula is C31H42ClN5O4Si. The van der Waals surface area contributed by atoms with Gasteiger partial charge in [-0.15, -0.1) is 0 Å². The van der Waals surface area contributed by atoms with E-state index in [-0.39, 0.29) is 22.6 Å². The molecule has 226 valence electrons. The Labute approximate surface area is 255 Å². The van der Waals surface area contributed by atoms with Gasteiger partial charge in [0.05, 0.1) is 17.8 Å². The molecule has 2 aromatic carbocycles. The molecule has 1 atom stereocenters. The summed E-state index contributed by atoms with van der Waals surface area (Å²) in [4.78, 5) is 24.4. The van der Waals surface area contributed by atoms with E-state index in [0.29, 0.717) is 22.4 Å². The van der Waals surface area contributed by atoms with Crippen molar-refractivity contribution in [3.63, 3.8) is 0 Å². The van der Waals surface area contributed by atoms with Gasteiger partial charge in [-0.1, -0.05) is 32.4 Å². The monoisotopic (exact) mass is 611 g/mol. The van der Waals surface area contributed by atoms with Gasteiger partial charge >= 0.3 is 0 Å². The second kappa shape index (κ2) is 12.5. The lowest BCUT2D eigenvalue weighted by Crippen LogP contribution is -2.44. The molecule has 1 amide bonds. The fourth-order valence-corrected chi connectivity index (χ4v) is 5.76. The highest BCUT2D eigenvalue weighted by atomic mass is 35.5. The first-order chi connectivity index (χ1) is 19.7. The van der Waals surface area contributed by atoms with Gasteiger partial charge in [0, 0.05) is 30.5 Å². The number of rotatable bonds is 9. The number of methoxy groups -OCH3 is 1. The van der Waals surface area contributed by atoms with Crippen LogP contribution in [-0.2, 0) is 0 Å². The molecule has 1 aromatic heterocycles. The number of anilines is 3. The van der Waals surface area contributed by atoms with Gasteiger partial charge in [-0.25, -0.2) is 4.98 Å². The number of ether oxygens (including phenoxy) is 2. The summed E-state index contributed by atoms with van der Waals surface area (Å²) in [5.41, 5.74) is 3.20. The number of hydrogen-bond acceptors (Lipinski definition) is 8. The predicted octanol–water partition coefficient (Wildman–Crippen LogP) is 7.22. The van der Waals surface area contributed by atoms with Gasteiger partial charge in [-0.3, -0.25) is 4.79 Å². The van der Waals surface area contributed by atoms with Gasteiger partial charge < -0.3 is 29.4 Å². The van der Waals surface area contributed by atoms with E-state index in [4.69, 9.17) is 25.5 Å². The van der Waals surface area contributed by atoms with Gasteiger partial charge in [-0.05, 0) is 81.3 Å². The number of hydrogen-bond donors (Lipinski definition) is 2. The van der Waals surface area contributed by atoms with Crippen molar-refractivity contribution >= 4 is 43.1 Å². The number of nitrogens with one attached hydrogen (secondary N) is 2. The number of benzene rings is 2. The molecule has 9 nitrogen and oxygen atoms in total. The van der Waals surface area contributed by atoms with E-state index < -0.39 is 14.2 Å². The van der Waals surface area contributed by atoms with E-state index in [0.717, 1.165) is 42.1 Å². The maximum atomic E-state index is 13.4. The van der Waals surface area contributed by atoms with Gasteiger partial charge in [0.2, 0.25) is 20.1 Å². The van der Waals surface area contributed by atoms with Crippen molar-refractivity contribution in [1.82, 2.24) is 14.9 Å². The van der Waals surface area contributed by atoms with Crippen LogP contribution in [0, 0.1) is 13.8 Å². The van der Waals surface area contributed by atoms with Gasteiger partial charge in [0.15, 0.2) is 0 Å². The first-order valence-corrected chi connectivity index (χ1v) is 17.4. The summed E-state index contributed by atoms with van der Waals surface area (Å²) in [6, 6.07) is 9.43. The molecule has 4 rings (SSSR count). The largest absolute Gasteiger partial charge is 0.543 e. The molecular weight excluding hydrogens is 570 g/mol. The van der Waals surface area contributed by atoms with E-state index in [1.807, 2.05) is 38.1 Å². The van der Waals surface area contributed by atoms with Crippen molar-refractivity contribution in [2.45, 2.75) is 65.3 Å². The molecule has 0 spiro atoms. The van der Waals surface area contributed by atoms with Crippen LogP contribution in [0.3, 0.4) is 0 Å². The third-order valence-electron chi connectivity index (χ3n) is 8.04. The Kier molecular flexibility index (Phi) is 9.39. The Balaban J connectivity index is 1.49. The summed E-state index contributed by atoms with van der Waals surface area (Å²) in [6.45, 7) is 16.8. The number of likely N-dealkylation sites (tertiary alicyclic amines) is 1. The van der Waals surface area contributed by atoms with Crippen LogP contribution in [-0.4, -0.2) is 62.4 Å². The number of amides is 1. The zero-order chi connectivity index (χ0) is 30.8. The molecule has 1 fully saturated rings. The number of halogens is 1. The minimum absolute atomic E-state index is 0.0181. The fraction of sp³-hybridized carbons (Fsp3) is 0.452. The van der Waals surface area contributed by atoms with Crippen LogP contribution < -0.4 is 24.5 Å². The smallest absolute Gasteiger partial charge is 0.262 e. The molecule has 1 aliphatic heterocycles. The van der Waals surface area contributed by atoms with E-state index in [1.54, 1.807) is 6.07 Å². The van der Waals surface area contributed by atoms with Crippen molar-refractivity contribution in [3.8, 4) is 17.4 Å². The minimum atomic E-state index is -2.10. The van der Waals surface area contributed by atoms with E-state index in [9.17, 15) is 4.79 Å². The van der Waals surface area contributed by atoms with Crippen molar-refractivity contribution < 1.29 is 18.7 Å². The van der Waals surface area contributed by atoms with Crippen LogP contribution in [0.2, 0.25) is 23.2 Å². The van der Waals surface area contributed by atoms with Crippen LogP contribution in [0.1, 0.15) is 48.7 Å². The number of nitrogens with zero attached hydrogens (tertiary/aromatic N) is 3. The summed E-state index contributed by atoms with van der Waals surface area (Å²) in [7, 11) is 1.46. The molecule has 3 aromatic rings. The van der Waals surface area contributed by atoms with Crippen molar-refractivity contribution in [2.24, 2.45) is 0 Å². The topological polar surface area (TPSA) is 97.8 Å². The number of aromatic nitrogens is 2. The normalized spacial score (nSPS) is 15.8. The average Bonchev–Trinajstić information content (AvgIpc) is 3.33. The highest BCUT2D eigenvalue weighted by Gasteiger charge is 2.39. The Hall–Kier alpha value is -3.34. The highest BCUT2D eigenvalue weighted by Crippen LogP contribution is 2.41. The van der Waals surface area contributed by atoms with Crippen LogP contribution in [0.4, 0.5) is 17.3 Å². The van der Waals surface area contributed by atoms with Gasteiger partial charge in [-0.2, -0.15) is 4.98 Å². The molecule has 1 unspecified atom stereocenters. The molecule has 1 aliphatic rings. The Bertz CT molecular complexity index is 1460. The predicted molar refractivity (Wildman–Crippen MR) is 172 cm³/mol. The Morgan fingerprint density at radius 1 is 1.14 bits per heavy atom. The number of carbonyl (C=O) groups excluding carboxylic acids is 1. The maximum absolute atomic E-state index is 13.4. The van der Waals surface area contributed by atoms with E-state index in [1.165, 1.54) is 13.3 Å². The summed E-state index contributed by atoms with van der Waals surface area (Å²) in [5.74, 6) is 1.55. The quantitative estimate of drug-likeness (QED) is 0.245. The zero-order valence-corrected chi connectivity index (χ0v) is 27.8. The second-order valence-electron chi connectivity index (χ2n) is 12.4. The Morgan fingerprint density at radius 3 is 2.48 bits per heavy atom. The standard InChI is InChI=1S/C31H42ClN5O4Si/c1-19-16-21(10-12-25(19)40-22-14-15-37(6)18-22)34-30-33-17-23(29(36-30)39-7)28(38)35-27-20(2)26(13-11-24(27)32)41-42(8,9)31(3,4)5/h10-13,16-17,22H,14-15,18H2,1-9H3,(H,35,38)(H,33,34,36). The lowest BCUT2D eigenvalue weighted by Gasteiger charge is -2.37. The van der Waals surface area contributed by atoms with Crippen molar-refractivity contribution in [3.05, 3.63) is 58.2 Å². The molecule has 0 saturated carbocycles. The van der Waals surface area contributed by atoms with Crippen LogP contribution in [0.15, 0.2) is 36.5 Å². The molecule has 42 heavy (non-hydrogen) atoms. The molecule has 0 aliphatic carbocycles. The number of carbonyl (C=O) groups is 1. The summed E-state index contributed by atoms with van der Waals surface area (Å²) in [6.07, 6.45) is 2.65. The summed E-state index contributed by atoms with van der Waals surface area (Å²) >= 11 is 6.52. The lowest BCUT2D eigenvalue weighted by atomic mass is 10.1. The average molecular weight is 612 g/mol. The summed E-state index contributed by atoms with van der Waals surface area (Å²) < 4.78 is 18.2. The van der Waals surface area contributed by atoms with E-state index >= 15 is 0 Å². The first-order valence-electron chi connectivity index (χ1n) is 14.1. The third kappa shape index (κ3) is 7.16. The molecule has 2 N–H and O–H groups in total. The van der Waals surface area contributed by atoms with Crippen LogP contribution in [0.5, 0.6) is 17.4 Å². The molecule has 2 heterocycles. The maximum Gasteiger partial charge on any atom is 0.262 e. The number of aryl methyl sites for hydroxylation is 1. The van der Waals surface area contributed by atoms with E-state index in [2.05, 4.69) is 66.4 Å². The second-order valence-corrected chi connectivity index (χ2v) is 17.5. The van der Waals surface area contributed by atoms with Crippen LogP contribution >= 0.6 is 11.6 Å². The van der Waals surface area contributed by atoms with Gasteiger partial charge in [0.1, 0.15) is 23.2 Å². The van der Waals surface area contributed by atoms with Crippen LogP contribution in [0.25, 0.3) is 0 Å².